The van der Waals surface area contributed by atoms with Crippen LogP contribution in [0.2, 0.25) is 0 Å². The highest BCUT2D eigenvalue weighted by atomic mass is 32.1. The van der Waals surface area contributed by atoms with Gasteiger partial charge >= 0.3 is 0 Å². The van der Waals surface area contributed by atoms with E-state index in [0.29, 0.717) is 0 Å². The number of hydrogen-bond donors (Lipinski definition) is 0. The van der Waals surface area contributed by atoms with Gasteiger partial charge in [0.15, 0.2) is 0 Å². The molecule has 4 aromatic heterocycles. The van der Waals surface area contributed by atoms with E-state index in [2.05, 4.69) is 144 Å². The minimum Gasteiger partial charge on any atom is -0.308 e. The Kier molecular flexibility index (Phi) is 4.67. The first-order valence-corrected chi connectivity index (χ1v) is 17.0. The zero-order valence-corrected chi connectivity index (χ0v) is 25.7. The summed E-state index contributed by atoms with van der Waals surface area (Å²) in [5.74, 6) is 0. The highest BCUT2D eigenvalue weighted by molar-refractivity contribution is 7.26. The van der Waals surface area contributed by atoms with Gasteiger partial charge < -0.3 is 4.40 Å². The Hall–Kier alpha value is -5.22. The van der Waals surface area contributed by atoms with Crippen molar-refractivity contribution in [2.24, 2.45) is 0 Å². The van der Waals surface area contributed by atoms with Crippen LogP contribution in [-0.4, -0.2) is 4.40 Å². The molecule has 0 saturated carbocycles. The summed E-state index contributed by atoms with van der Waals surface area (Å²) in [6.07, 6.45) is 0. The molecule has 0 saturated heterocycles. The molecule has 1 nitrogen and oxygen atoms in total. The van der Waals surface area contributed by atoms with Crippen LogP contribution in [0.4, 0.5) is 0 Å². The van der Waals surface area contributed by atoms with Crippen molar-refractivity contribution in [1.82, 2.24) is 4.40 Å². The predicted octanol–water partition coefficient (Wildman–Crippen LogP) is 13.0. The molecule has 0 aliphatic carbocycles. The zero-order valence-electron chi connectivity index (χ0n) is 24.0. The molecule has 0 unspecified atom stereocenters. The number of rotatable bonds is 1. The Morgan fingerprint density at radius 2 is 1.04 bits per heavy atom. The molecule has 11 rings (SSSR count). The van der Waals surface area contributed by atoms with Crippen LogP contribution in [0.25, 0.3) is 100 Å². The first-order chi connectivity index (χ1) is 22.3. The van der Waals surface area contributed by atoms with Crippen LogP contribution in [-0.2, 0) is 0 Å². The molecule has 0 aliphatic heterocycles. The Labute approximate surface area is 265 Å². The summed E-state index contributed by atoms with van der Waals surface area (Å²) in [7, 11) is 0. The standard InChI is InChI=1S/C42H23NS2/c1-2-10-27-26(9-1)28-11-3-5-16-34(28)43-35-21-19-24(25-13-7-15-32-29-12-4-6-17-36(29)45-42(25)32)23-33(35)31-20-22-38-40(41(31)43)39-30(27)14-8-18-37(39)44-38/h1-23H. The number of nitrogens with zero attached hydrogens (tertiary/aromatic N) is 1. The first kappa shape index (κ1) is 24.1. The molecule has 0 bridgehead atoms. The summed E-state index contributed by atoms with van der Waals surface area (Å²) in [6.45, 7) is 0. The van der Waals surface area contributed by atoms with Crippen molar-refractivity contribution in [3.8, 4) is 11.1 Å². The maximum Gasteiger partial charge on any atom is 0.0634 e. The summed E-state index contributed by atoms with van der Waals surface area (Å²) < 4.78 is 7.92. The molecule has 11 aromatic rings. The normalized spacial score (nSPS) is 12.4. The maximum absolute atomic E-state index is 2.55. The van der Waals surface area contributed by atoms with Crippen molar-refractivity contribution in [3.63, 3.8) is 0 Å². The van der Waals surface area contributed by atoms with E-state index in [4.69, 9.17) is 0 Å². The van der Waals surface area contributed by atoms with Gasteiger partial charge in [-0.2, -0.15) is 0 Å². The minimum absolute atomic E-state index is 1.23. The second-order valence-electron chi connectivity index (χ2n) is 12.0. The monoisotopic (exact) mass is 605 g/mol. The van der Waals surface area contributed by atoms with E-state index in [9.17, 15) is 0 Å². The van der Waals surface area contributed by atoms with Crippen LogP contribution >= 0.6 is 22.7 Å². The lowest BCUT2D eigenvalue weighted by atomic mass is 9.99. The topological polar surface area (TPSA) is 4.41 Å². The second kappa shape index (κ2) is 8.70. The van der Waals surface area contributed by atoms with Crippen molar-refractivity contribution in [1.29, 1.82) is 0 Å². The highest BCUT2D eigenvalue weighted by Gasteiger charge is 2.20. The third-order valence-electron chi connectivity index (χ3n) is 9.75. The molecule has 7 aromatic carbocycles. The summed E-state index contributed by atoms with van der Waals surface area (Å²) in [4.78, 5) is 0. The van der Waals surface area contributed by atoms with Crippen molar-refractivity contribution in [2.45, 2.75) is 0 Å². The number of hydrogen-bond acceptors (Lipinski definition) is 2. The predicted molar refractivity (Wildman–Crippen MR) is 199 cm³/mol. The van der Waals surface area contributed by atoms with Crippen molar-refractivity contribution in [3.05, 3.63) is 140 Å². The van der Waals surface area contributed by atoms with Crippen molar-refractivity contribution >= 4 is 112 Å². The Morgan fingerprint density at radius 3 is 1.96 bits per heavy atom. The molecule has 0 atom stereocenters. The highest BCUT2D eigenvalue weighted by Crippen LogP contribution is 2.47. The lowest BCUT2D eigenvalue weighted by Gasteiger charge is -2.06. The molecule has 45 heavy (non-hydrogen) atoms. The number of aromatic nitrogens is 1. The van der Waals surface area contributed by atoms with Gasteiger partial charge in [-0.25, -0.2) is 0 Å². The Bertz CT molecular complexity index is 3030. The average Bonchev–Trinajstić information content (AvgIpc) is 3.77. The molecule has 0 radical (unpaired) electrons. The van der Waals surface area contributed by atoms with E-state index >= 15 is 0 Å². The van der Waals surface area contributed by atoms with E-state index in [1.54, 1.807) is 0 Å². The maximum atomic E-state index is 2.55. The van der Waals surface area contributed by atoms with Crippen LogP contribution in [0.15, 0.2) is 140 Å². The van der Waals surface area contributed by atoms with Gasteiger partial charge in [0.05, 0.1) is 16.6 Å². The van der Waals surface area contributed by atoms with Crippen LogP contribution < -0.4 is 0 Å². The summed E-state index contributed by atoms with van der Waals surface area (Å²) >= 11 is 3.81. The first-order valence-electron chi connectivity index (χ1n) is 15.4. The number of fused-ring (bicyclic) bond motifs is 11. The molecule has 0 N–H and O–H groups in total. The third kappa shape index (κ3) is 3.11. The van der Waals surface area contributed by atoms with Crippen LogP contribution in [0.5, 0.6) is 0 Å². The van der Waals surface area contributed by atoms with Gasteiger partial charge in [0.1, 0.15) is 0 Å². The van der Waals surface area contributed by atoms with Crippen molar-refractivity contribution in [2.75, 3.05) is 0 Å². The Balaban J connectivity index is 1.38. The Morgan fingerprint density at radius 1 is 0.378 bits per heavy atom. The smallest absolute Gasteiger partial charge is 0.0634 e. The van der Waals surface area contributed by atoms with Gasteiger partial charge in [0, 0.05) is 56.5 Å². The lowest BCUT2D eigenvalue weighted by molar-refractivity contribution is 1.36. The summed E-state index contributed by atoms with van der Waals surface area (Å²) in [6, 6.07) is 52.1. The molecular weight excluding hydrogens is 583 g/mol. The number of thiophene rings is 2. The van der Waals surface area contributed by atoms with E-state index in [1.807, 2.05) is 22.7 Å². The van der Waals surface area contributed by atoms with Crippen LogP contribution in [0, 0.1) is 0 Å². The van der Waals surface area contributed by atoms with Gasteiger partial charge in [-0.1, -0.05) is 103 Å². The van der Waals surface area contributed by atoms with Crippen molar-refractivity contribution < 1.29 is 0 Å². The van der Waals surface area contributed by atoms with E-state index in [0.717, 1.165) is 0 Å². The van der Waals surface area contributed by atoms with Crippen LogP contribution in [0.3, 0.4) is 0 Å². The molecule has 0 spiro atoms. The molecule has 0 amide bonds. The summed E-state index contributed by atoms with van der Waals surface area (Å²) in [5, 5.41) is 13.1. The van der Waals surface area contributed by atoms with Gasteiger partial charge in [0.2, 0.25) is 0 Å². The second-order valence-corrected chi connectivity index (χ2v) is 14.2. The molecule has 3 heteroatoms. The molecule has 0 fully saturated rings. The SMILES string of the molecule is c1ccc2c(c1)sc1c(-c3ccc4c(c3)c3ccc5sc6cccc7c8ccccc8c8ccccc8n4c3c5c67)cccc12. The quantitative estimate of drug-likeness (QED) is 0.175. The number of benzene rings is 7. The largest absolute Gasteiger partial charge is 0.308 e. The van der Waals surface area contributed by atoms with Gasteiger partial charge in [-0.3, -0.25) is 0 Å². The van der Waals surface area contributed by atoms with Gasteiger partial charge in [-0.05, 0) is 63.7 Å². The minimum atomic E-state index is 1.23. The molecule has 4 heterocycles. The number of para-hydroxylation sites is 1. The zero-order chi connectivity index (χ0) is 29.2. The molecular formula is C42H23NS2. The summed E-state index contributed by atoms with van der Waals surface area (Å²) in [5.41, 5.74) is 6.34. The third-order valence-corrected chi connectivity index (χ3v) is 12.1. The average molecular weight is 606 g/mol. The fourth-order valence-corrected chi connectivity index (χ4v) is 10.2. The van der Waals surface area contributed by atoms with E-state index < -0.39 is 0 Å². The van der Waals surface area contributed by atoms with Gasteiger partial charge in [-0.15, -0.1) is 22.7 Å². The lowest BCUT2D eigenvalue weighted by Crippen LogP contribution is -1.86. The fraction of sp³-hybridized carbons (Fsp3) is 0. The fourth-order valence-electron chi connectivity index (χ4n) is 7.87. The van der Waals surface area contributed by atoms with E-state index in [1.165, 1.54) is 100 Å². The van der Waals surface area contributed by atoms with E-state index in [-0.39, 0.29) is 0 Å². The van der Waals surface area contributed by atoms with Crippen LogP contribution in [0.1, 0.15) is 0 Å². The van der Waals surface area contributed by atoms with Gasteiger partial charge in [0.25, 0.3) is 0 Å². The molecule has 208 valence electrons. The molecule has 0 aliphatic rings.